The molecule has 0 aliphatic carbocycles. The van der Waals surface area contributed by atoms with Gasteiger partial charge in [-0.25, -0.2) is 4.21 Å². The highest BCUT2D eigenvalue weighted by molar-refractivity contribution is 8.37. The van der Waals surface area contributed by atoms with E-state index >= 15 is 0 Å². The number of rotatable bonds is 0. The van der Waals surface area contributed by atoms with Crippen molar-refractivity contribution in [1.29, 1.82) is 0 Å². The van der Waals surface area contributed by atoms with E-state index in [-0.39, 0.29) is 4.45 Å². The summed E-state index contributed by atoms with van der Waals surface area (Å²) in [6, 6.07) is 0. The lowest BCUT2D eigenvalue weighted by atomic mass is 11.3. The van der Waals surface area contributed by atoms with Gasteiger partial charge in [-0.3, -0.25) is 4.79 Å². The normalized spacial score (nSPS) is 29.1. The molecule has 1 atom stereocenters. The molecule has 1 aliphatic heterocycles. The van der Waals surface area contributed by atoms with Crippen molar-refractivity contribution in [3.63, 3.8) is 0 Å². The van der Waals surface area contributed by atoms with Crippen molar-refractivity contribution < 1.29 is 9.00 Å². The Morgan fingerprint density at radius 2 is 2.43 bits per heavy atom. The van der Waals surface area contributed by atoms with E-state index in [9.17, 15) is 9.00 Å². The van der Waals surface area contributed by atoms with Crippen LogP contribution in [-0.4, -0.2) is 8.66 Å². The standard InChI is InChI=1S/C3H2O2S2/c4-3-6-1-2-7(3)5/h1-2H. The lowest BCUT2D eigenvalue weighted by Gasteiger charge is -1.74. The van der Waals surface area contributed by atoms with Crippen molar-refractivity contribution in [1.82, 2.24) is 0 Å². The number of thioether (sulfide) groups is 1. The van der Waals surface area contributed by atoms with E-state index in [0.29, 0.717) is 0 Å². The molecular weight excluding hydrogens is 132 g/mol. The van der Waals surface area contributed by atoms with Gasteiger partial charge in [-0.1, -0.05) is 0 Å². The molecule has 0 radical (unpaired) electrons. The fraction of sp³-hybridized carbons (Fsp3) is 0. The van der Waals surface area contributed by atoms with E-state index in [1.165, 1.54) is 5.41 Å². The largest absolute Gasteiger partial charge is 0.284 e. The molecule has 7 heavy (non-hydrogen) atoms. The van der Waals surface area contributed by atoms with Gasteiger partial charge in [0.2, 0.25) is 0 Å². The van der Waals surface area contributed by atoms with Gasteiger partial charge in [0, 0.05) is 5.41 Å². The first-order valence-corrected chi connectivity index (χ1v) is 3.68. The zero-order valence-electron chi connectivity index (χ0n) is 3.29. The molecule has 4 heteroatoms. The summed E-state index contributed by atoms with van der Waals surface area (Å²) < 4.78 is 9.96. The molecule has 0 saturated heterocycles. The molecular formula is C3H2O2S2. The maximum atomic E-state index is 10.2. The van der Waals surface area contributed by atoms with Gasteiger partial charge in [0.1, 0.15) is 10.8 Å². The van der Waals surface area contributed by atoms with Gasteiger partial charge in [0.05, 0.1) is 0 Å². The van der Waals surface area contributed by atoms with Crippen LogP contribution < -0.4 is 0 Å². The molecule has 0 aromatic rings. The number of carbonyl (C=O) groups excluding carboxylic acids is 1. The van der Waals surface area contributed by atoms with Crippen molar-refractivity contribution in [3.05, 3.63) is 10.8 Å². The summed E-state index contributed by atoms with van der Waals surface area (Å²) in [7, 11) is -1.32. The maximum absolute atomic E-state index is 10.2. The summed E-state index contributed by atoms with van der Waals surface area (Å²) in [6.45, 7) is 0. The fourth-order valence-corrected chi connectivity index (χ4v) is 1.80. The van der Waals surface area contributed by atoms with Crippen LogP contribution >= 0.6 is 11.8 Å². The second-order valence-electron chi connectivity index (χ2n) is 0.937. The van der Waals surface area contributed by atoms with Gasteiger partial charge < -0.3 is 0 Å². The quantitative estimate of drug-likeness (QED) is 0.497. The topological polar surface area (TPSA) is 34.1 Å². The van der Waals surface area contributed by atoms with E-state index in [0.717, 1.165) is 11.8 Å². The Balaban J connectivity index is 2.81. The van der Waals surface area contributed by atoms with Crippen LogP contribution in [0.2, 0.25) is 0 Å². The second-order valence-corrected chi connectivity index (χ2v) is 3.31. The molecule has 2 nitrogen and oxygen atoms in total. The molecule has 0 fully saturated rings. The van der Waals surface area contributed by atoms with E-state index in [4.69, 9.17) is 0 Å². The molecule has 1 aliphatic rings. The van der Waals surface area contributed by atoms with Crippen molar-refractivity contribution >= 4 is 27.0 Å². The van der Waals surface area contributed by atoms with Gasteiger partial charge in [0.25, 0.3) is 4.45 Å². The number of carbonyl (C=O) groups is 1. The molecule has 0 N–H and O–H groups in total. The zero-order chi connectivity index (χ0) is 5.28. The number of hydrogen-bond donors (Lipinski definition) is 0. The third-order valence-electron chi connectivity index (χ3n) is 0.508. The van der Waals surface area contributed by atoms with Crippen LogP contribution in [0.5, 0.6) is 0 Å². The Bertz CT molecular complexity index is 149. The highest BCUT2D eigenvalue weighted by Crippen LogP contribution is 2.17. The van der Waals surface area contributed by atoms with Crippen molar-refractivity contribution in [2.75, 3.05) is 0 Å². The number of hydrogen-bond acceptors (Lipinski definition) is 3. The minimum Gasteiger partial charge on any atom is -0.271 e. The van der Waals surface area contributed by atoms with Gasteiger partial charge >= 0.3 is 0 Å². The van der Waals surface area contributed by atoms with Gasteiger partial charge in [0.15, 0.2) is 0 Å². The van der Waals surface area contributed by atoms with Gasteiger partial charge in [-0.15, -0.1) is 0 Å². The van der Waals surface area contributed by atoms with Crippen LogP contribution in [0.4, 0.5) is 4.79 Å². The molecule has 0 aromatic carbocycles. The van der Waals surface area contributed by atoms with E-state index in [1.54, 1.807) is 5.41 Å². The Kier molecular flexibility index (Phi) is 1.30. The first-order valence-electron chi connectivity index (χ1n) is 1.58. The zero-order valence-corrected chi connectivity index (χ0v) is 4.92. The average molecular weight is 134 g/mol. The van der Waals surface area contributed by atoms with Crippen LogP contribution in [0.15, 0.2) is 10.8 Å². The Morgan fingerprint density at radius 1 is 1.71 bits per heavy atom. The predicted octanol–water partition coefficient (Wildman–Crippen LogP) is 1.07. The SMILES string of the molecule is O=C1SC=CS1=O. The summed E-state index contributed by atoms with van der Waals surface area (Å²) in [5.41, 5.74) is 0. The summed E-state index contributed by atoms with van der Waals surface area (Å²) in [5.74, 6) is 0. The molecule has 1 heterocycles. The molecule has 0 spiro atoms. The molecule has 38 valence electrons. The van der Waals surface area contributed by atoms with Gasteiger partial charge in [-0.2, -0.15) is 0 Å². The van der Waals surface area contributed by atoms with Crippen molar-refractivity contribution in [3.8, 4) is 0 Å². The van der Waals surface area contributed by atoms with E-state index in [2.05, 4.69) is 0 Å². The van der Waals surface area contributed by atoms with Gasteiger partial charge in [-0.05, 0) is 17.2 Å². The molecule has 0 bridgehead atoms. The smallest absolute Gasteiger partial charge is 0.271 e. The molecule has 0 amide bonds. The van der Waals surface area contributed by atoms with Crippen LogP contribution in [0.3, 0.4) is 0 Å². The monoisotopic (exact) mass is 134 g/mol. The Labute approximate surface area is 47.4 Å². The lowest BCUT2D eigenvalue weighted by molar-refractivity contribution is 0.276. The summed E-state index contributed by atoms with van der Waals surface area (Å²) in [5, 5.41) is 2.92. The van der Waals surface area contributed by atoms with E-state index in [1.807, 2.05) is 0 Å². The van der Waals surface area contributed by atoms with Crippen LogP contribution in [-0.2, 0) is 10.8 Å². The summed E-state index contributed by atoms with van der Waals surface area (Å²) in [6.07, 6.45) is 0. The predicted molar refractivity (Wildman–Crippen MR) is 30.3 cm³/mol. The highest BCUT2D eigenvalue weighted by atomic mass is 32.2. The summed E-state index contributed by atoms with van der Waals surface area (Å²) in [4.78, 5) is 10.2. The van der Waals surface area contributed by atoms with Crippen LogP contribution in [0, 0.1) is 0 Å². The molecule has 1 unspecified atom stereocenters. The minimum absolute atomic E-state index is 0.264. The summed E-state index contributed by atoms with van der Waals surface area (Å²) >= 11 is 0.986. The molecule has 1 rings (SSSR count). The first-order chi connectivity index (χ1) is 3.30. The third kappa shape index (κ3) is 0.920. The fourth-order valence-electron chi connectivity index (χ4n) is 0.237. The first kappa shape index (κ1) is 5.05. The second kappa shape index (κ2) is 1.79. The van der Waals surface area contributed by atoms with Crippen LogP contribution in [0.1, 0.15) is 0 Å². The minimum atomic E-state index is -1.32. The van der Waals surface area contributed by atoms with Crippen molar-refractivity contribution in [2.24, 2.45) is 0 Å². The highest BCUT2D eigenvalue weighted by Gasteiger charge is 2.12. The maximum Gasteiger partial charge on any atom is 0.284 e. The average Bonchev–Trinajstić information content (AvgIpc) is 1.91. The molecule has 0 aromatic heterocycles. The van der Waals surface area contributed by atoms with Crippen molar-refractivity contribution in [2.45, 2.75) is 0 Å². The lowest BCUT2D eigenvalue weighted by Crippen LogP contribution is -1.86. The van der Waals surface area contributed by atoms with E-state index < -0.39 is 10.8 Å². The molecule has 0 saturated carbocycles. The Hall–Kier alpha value is -0.0900. The van der Waals surface area contributed by atoms with Crippen LogP contribution in [0.25, 0.3) is 0 Å². The Morgan fingerprint density at radius 3 is 2.57 bits per heavy atom. The third-order valence-corrected chi connectivity index (χ3v) is 2.64.